The number of piperazine rings is 1. The van der Waals surface area contributed by atoms with Crippen LogP contribution < -0.4 is 5.73 Å². The van der Waals surface area contributed by atoms with Gasteiger partial charge in [-0.15, -0.1) is 24.8 Å². The Morgan fingerprint density at radius 3 is 2.11 bits per heavy atom. The number of amides is 1. The van der Waals surface area contributed by atoms with Crippen molar-refractivity contribution in [3.63, 3.8) is 0 Å². The molecular weight excluding hydrogens is 285 g/mol. The molecule has 1 amide bonds. The Hall–Kier alpha value is -0.0300. The third kappa shape index (κ3) is 3.97. The van der Waals surface area contributed by atoms with Gasteiger partial charge in [0, 0.05) is 44.2 Å². The van der Waals surface area contributed by atoms with E-state index in [1.54, 1.807) is 0 Å². The largest absolute Gasteiger partial charge is 0.340 e. The molecule has 0 unspecified atom stereocenters. The van der Waals surface area contributed by atoms with Gasteiger partial charge < -0.3 is 10.6 Å². The summed E-state index contributed by atoms with van der Waals surface area (Å²) in [6, 6.07) is 0.833. The molecule has 0 aromatic heterocycles. The fraction of sp³-hybridized carbons (Fsp3) is 0.923. The summed E-state index contributed by atoms with van der Waals surface area (Å²) in [7, 11) is 0. The number of rotatable bonds is 3. The van der Waals surface area contributed by atoms with Gasteiger partial charge in [-0.1, -0.05) is 0 Å². The Labute approximate surface area is 127 Å². The fourth-order valence-corrected chi connectivity index (χ4v) is 3.00. The van der Waals surface area contributed by atoms with Crippen LogP contribution in [0.4, 0.5) is 0 Å². The van der Waals surface area contributed by atoms with E-state index < -0.39 is 0 Å². The van der Waals surface area contributed by atoms with E-state index in [2.05, 4.69) is 4.90 Å². The van der Waals surface area contributed by atoms with Crippen molar-refractivity contribution >= 4 is 30.7 Å². The van der Waals surface area contributed by atoms with Gasteiger partial charge in [0.2, 0.25) is 5.91 Å². The molecule has 4 nitrogen and oxygen atoms in total. The summed E-state index contributed by atoms with van der Waals surface area (Å²) in [5, 5.41) is 0. The zero-order chi connectivity index (χ0) is 11.9. The average Bonchev–Trinajstić information content (AvgIpc) is 3.11. The van der Waals surface area contributed by atoms with Crippen molar-refractivity contribution in [2.45, 2.75) is 50.1 Å². The van der Waals surface area contributed by atoms with Crippen LogP contribution in [0.25, 0.3) is 0 Å². The van der Waals surface area contributed by atoms with Gasteiger partial charge in [-0.2, -0.15) is 0 Å². The predicted octanol–water partition coefficient (Wildman–Crippen LogP) is 1.41. The maximum absolute atomic E-state index is 12.1. The van der Waals surface area contributed by atoms with E-state index in [1.807, 2.05) is 4.90 Å². The quantitative estimate of drug-likeness (QED) is 0.857. The van der Waals surface area contributed by atoms with Gasteiger partial charge >= 0.3 is 0 Å². The van der Waals surface area contributed by atoms with Crippen LogP contribution in [0.15, 0.2) is 0 Å². The molecule has 112 valence electrons. The molecule has 2 N–H and O–H groups in total. The monoisotopic (exact) mass is 309 g/mol. The summed E-state index contributed by atoms with van der Waals surface area (Å²) in [6.07, 6.45) is 6.54. The van der Waals surface area contributed by atoms with Crippen LogP contribution in [-0.2, 0) is 4.79 Å². The summed E-state index contributed by atoms with van der Waals surface area (Å²) in [6.45, 7) is 3.94. The molecule has 0 bridgehead atoms. The Balaban J connectivity index is 0.000000902. The zero-order valence-corrected chi connectivity index (χ0v) is 13.0. The first-order valence-electron chi connectivity index (χ1n) is 6.97. The summed E-state index contributed by atoms with van der Waals surface area (Å²) >= 11 is 0. The van der Waals surface area contributed by atoms with E-state index in [-0.39, 0.29) is 36.3 Å². The molecule has 0 radical (unpaired) electrons. The predicted molar refractivity (Wildman–Crippen MR) is 81.1 cm³/mol. The van der Waals surface area contributed by atoms with E-state index in [1.165, 1.54) is 19.3 Å². The molecule has 0 aromatic carbocycles. The van der Waals surface area contributed by atoms with E-state index in [9.17, 15) is 4.79 Å². The number of hydrogen-bond donors (Lipinski definition) is 1. The highest BCUT2D eigenvalue weighted by Crippen LogP contribution is 2.33. The highest BCUT2D eigenvalue weighted by molar-refractivity contribution is 5.85. The van der Waals surface area contributed by atoms with Crippen molar-refractivity contribution in [2.24, 2.45) is 5.73 Å². The van der Waals surface area contributed by atoms with E-state index in [4.69, 9.17) is 5.73 Å². The van der Waals surface area contributed by atoms with Gasteiger partial charge in [0.25, 0.3) is 0 Å². The first-order chi connectivity index (χ1) is 8.16. The lowest BCUT2D eigenvalue weighted by atomic mass is 9.75. The van der Waals surface area contributed by atoms with Crippen molar-refractivity contribution in [1.29, 1.82) is 0 Å². The lowest BCUT2D eigenvalue weighted by Crippen LogP contribution is -2.54. The van der Waals surface area contributed by atoms with Gasteiger partial charge in [-0.05, 0) is 32.1 Å². The van der Waals surface area contributed by atoms with Gasteiger partial charge in [0.1, 0.15) is 0 Å². The van der Waals surface area contributed by atoms with Crippen LogP contribution in [0, 0.1) is 0 Å². The van der Waals surface area contributed by atoms with Crippen molar-refractivity contribution in [1.82, 2.24) is 9.80 Å². The summed E-state index contributed by atoms with van der Waals surface area (Å²) < 4.78 is 0. The third-order valence-electron chi connectivity index (χ3n) is 4.58. The summed E-state index contributed by atoms with van der Waals surface area (Å²) in [4.78, 5) is 16.7. The highest BCUT2D eigenvalue weighted by Gasteiger charge is 2.37. The summed E-state index contributed by atoms with van der Waals surface area (Å²) in [5.41, 5.74) is 5.98. The molecule has 6 heteroatoms. The molecule has 0 aromatic rings. The second-order valence-electron chi connectivity index (χ2n) is 6.04. The number of nitrogens with two attached hydrogens (primary N) is 1. The Morgan fingerprint density at radius 1 is 1.11 bits per heavy atom. The molecule has 3 aliphatic rings. The molecule has 1 saturated heterocycles. The first kappa shape index (κ1) is 17.0. The topological polar surface area (TPSA) is 49.6 Å². The number of carbonyl (C=O) groups excluding carboxylic acids is 1. The lowest BCUT2D eigenvalue weighted by molar-refractivity contribution is -0.135. The number of nitrogens with zero attached hydrogens (tertiary/aromatic N) is 2. The maximum Gasteiger partial charge on any atom is 0.224 e. The van der Waals surface area contributed by atoms with E-state index >= 15 is 0 Å². The number of carbonyl (C=O) groups is 1. The minimum Gasteiger partial charge on any atom is -0.340 e. The van der Waals surface area contributed by atoms with E-state index in [0.29, 0.717) is 6.42 Å². The van der Waals surface area contributed by atoms with Crippen LogP contribution in [-0.4, -0.2) is 53.5 Å². The Morgan fingerprint density at radius 2 is 1.68 bits per heavy atom. The molecule has 1 aliphatic heterocycles. The molecular formula is C13H25Cl2N3O. The minimum atomic E-state index is -0.162. The third-order valence-corrected chi connectivity index (χ3v) is 4.58. The van der Waals surface area contributed by atoms with Crippen LogP contribution in [0.2, 0.25) is 0 Å². The fourth-order valence-electron chi connectivity index (χ4n) is 3.00. The maximum atomic E-state index is 12.1. The second-order valence-corrected chi connectivity index (χ2v) is 6.04. The van der Waals surface area contributed by atoms with Gasteiger partial charge in [-0.3, -0.25) is 9.69 Å². The smallest absolute Gasteiger partial charge is 0.224 e. The van der Waals surface area contributed by atoms with Crippen LogP contribution in [0.1, 0.15) is 38.5 Å². The molecule has 0 atom stereocenters. The molecule has 3 rings (SSSR count). The van der Waals surface area contributed by atoms with Gasteiger partial charge in [0.05, 0.1) is 0 Å². The van der Waals surface area contributed by atoms with Crippen LogP contribution in [0.5, 0.6) is 0 Å². The zero-order valence-electron chi connectivity index (χ0n) is 11.3. The SMILES string of the molecule is Cl.Cl.NC1(CC(=O)N2CCN(C3CC3)CC2)CCC1. The minimum absolute atomic E-state index is 0. The van der Waals surface area contributed by atoms with Crippen molar-refractivity contribution in [2.75, 3.05) is 26.2 Å². The van der Waals surface area contributed by atoms with Gasteiger partial charge in [-0.25, -0.2) is 0 Å². The Kier molecular flexibility index (Phi) is 5.93. The second kappa shape index (κ2) is 6.61. The normalized spacial score (nSPS) is 25.8. The molecule has 0 spiro atoms. The first-order valence-corrected chi connectivity index (χ1v) is 6.97. The van der Waals surface area contributed by atoms with Crippen molar-refractivity contribution in [3.05, 3.63) is 0 Å². The number of hydrogen-bond acceptors (Lipinski definition) is 3. The van der Waals surface area contributed by atoms with E-state index in [0.717, 1.165) is 45.1 Å². The number of halogens is 2. The highest BCUT2D eigenvalue weighted by atomic mass is 35.5. The lowest BCUT2D eigenvalue weighted by Gasteiger charge is -2.41. The molecule has 1 heterocycles. The van der Waals surface area contributed by atoms with Crippen LogP contribution >= 0.6 is 24.8 Å². The standard InChI is InChI=1S/C13H23N3O.2ClH/c14-13(4-1-5-13)10-12(17)16-8-6-15(7-9-16)11-2-3-11;;/h11H,1-10,14H2;2*1H. The molecule has 3 fully saturated rings. The van der Waals surface area contributed by atoms with Crippen LogP contribution in [0.3, 0.4) is 0 Å². The van der Waals surface area contributed by atoms with Gasteiger partial charge in [0.15, 0.2) is 0 Å². The molecule has 19 heavy (non-hydrogen) atoms. The summed E-state index contributed by atoms with van der Waals surface area (Å²) in [5.74, 6) is 0.280. The Bertz CT molecular complexity index is 311. The van der Waals surface area contributed by atoms with Crippen molar-refractivity contribution in [3.8, 4) is 0 Å². The average molecular weight is 310 g/mol. The van der Waals surface area contributed by atoms with Crippen molar-refractivity contribution < 1.29 is 4.79 Å². The molecule has 2 aliphatic carbocycles. The molecule has 2 saturated carbocycles.